The SMILES string of the molecule is CCNC(=NCc1ccc(S(=O)(=O)N(C)C)cc1)NCc1cc(Cl)c(Cl)n1C. The maximum Gasteiger partial charge on any atom is 0.242 e. The third-order valence-corrected chi connectivity index (χ3v) is 6.79. The van der Waals surface area contributed by atoms with E-state index < -0.39 is 10.0 Å². The van der Waals surface area contributed by atoms with Gasteiger partial charge in [0.25, 0.3) is 0 Å². The minimum absolute atomic E-state index is 0.257. The fourth-order valence-electron chi connectivity index (χ4n) is 2.42. The first kappa shape index (κ1) is 22.5. The van der Waals surface area contributed by atoms with Crippen molar-refractivity contribution in [3.63, 3.8) is 0 Å². The predicted molar refractivity (Wildman–Crippen MR) is 114 cm³/mol. The molecule has 1 aromatic carbocycles. The van der Waals surface area contributed by atoms with Gasteiger partial charge in [-0.2, -0.15) is 0 Å². The summed E-state index contributed by atoms with van der Waals surface area (Å²) in [6, 6.07) is 8.52. The van der Waals surface area contributed by atoms with E-state index in [0.29, 0.717) is 35.8 Å². The molecule has 0 spiro atoms. The molecule has 1 heterocycles. The number of sulfonamides is 1. The summed E-state index contributed by atoms with van der Waals surface area (Å²) in [6.07, 6.45) is 0. The fourth-order valence-corrected chi connectivity index (χ4v) is 3.74. The van der Waals surface area contributed by atoms with Crippen LogP contribution in [0.1, 0.15) is 18.2 Å². The normalized spacial score (nSPS) is 12.5. The molecule has 0 unspecified atom stereocenters. The van der Waals surface area contributed by atoms with Gasteiger partial charge in [-0.1, -0.05) is 35.3 Å². The highest BCUT2D eigenvalue weighted by atomic mass is 35.5. The summed E-state index contributed by atoms with van der Waals surface area (Å²) in [5.74, 6) is 0.640. The number of hydrogen-bond acceptors (Lipinski definition) is 3. The predicted octanol–water partition coefficient (Wildman–Crippen LogP) is 2.84. The van der Waals surface area contributed by atoms with E-state index in [2.05, 4.69) is 15.6 Å². The maximum atomic E-state index is 12.1. The van der Waals surface area contributed by atoms with Gasteiger partial charge in [0.2, 0.25) is 10.0 Å². The topological polar surface area (TPSA) is 78.7 Å². The van der Waals surface area contributed by atoms with Gasteiger partial charge in [-0.05, 0) is 30.7 Å². The molecule has 0 bridgehead atoms. The zero-order valence-electron chi connectivity index (χ0n) is 16.3. The van der Waals surface area contributed by atoms with Crippen molar-refractivity contribution in [2.45, 2.75) is 24.9 Å². The molecule has 2 aromatic rings. The van der Waals surface area contributed by atoms with Gasteiger partial charge in [0.05, 0.1) is 23.0 Å². The van der Waals surface area contributed by atoms with Crippen LogP contribution in [0.5, 0.6) is 0 Å². The highest BCUT2D eigenvalue weighted by molar-refractivity contribution is 7.89. The monoisotopic (exact) mass is 445 g/mol. The first-order valence-corrected chi connectivity index (χ1v) is 10.9. The van der Waals surface area contributed by atoms with Crippen LogP contribution < -0.4 is 10.6 Å². The molecule has 0 atom stereocenters. The molecule has 0 saturated heterocycles. The van der Waals surface area contributed by atoms with E-state index in [1.54, 1.807) is 24.3 Å². The number of nitrogens with zero attached hydrogens (tertiary/aromatic N) is 3. The molecular weight excluding hydrogens is 421 g/mol. The molecule has 7 nitrogen and oxygen atoms in total. The van der Waals surface area contributed by atoms with Crippen molar-refractivity contribution >= 4 is 39.2 Å². The number of rotatable bonds is 7. The van der Waals surface area contributed by atoms with E-state index in [-0.39, 0.29) is 4.90 Å². The van der Waals surface area contributed by atoms with Crippen molar-refractivity contribution in [3.05, 3.63) is 51.8 Å². The summed E-state index contributed by atoms with van der Waals surface area (Å²) in [5, 5.41) is 7.42. The van der Waals surface area contributed by atoms with Gasteiger partial charge in [-0.3, -0.25) is 0 Å². The van der Waals surface area contributed by atoms with Crippen LogP contribution in [0.3, 0.4) is 0 Å². The molecular formula is C18H25Cl2N5O2S. The van der Waals surface area contributed by atoms with E-state index >= 15 is 0 Å². The fraction of sp³-hybridized carbons (Fsp3) is 0.389. The Labute approximate surface area is 176 Å². The van der Waals surface area contributed by atoms with Gasteiger partial charge in [0, 0.05) is 33.4 Å². The quantitative estimate of drug-likeness (QED) is 0.507. The number of aliphatic imine (C=N–C) groups is 1. The van der Waals surface area contributed by atoms with E-state index in [4.69, 9.17) is 23.2 Å². The highest BCUT2D eigenvalue weighted by Gasteiger charge is 2.16. The molecule has 0 fully saturated rings. The standard InChI is InChI=1S/C18H25Cl2N5O2S/c1-5-21-18(23-12-14-10-16(19)17(20)25(14)4)22-11-13-6-8-15(9-7-13)28(26,27)24(2)3/h6-10H,5,11-12H2,1-4H3,(H2,21,22,23). The second kappa shape index (κ2) is 9.65. The molecule has 0 aliphatic heterocycles. The summed E-state index contributed by atoms with van der Waals surface area (Å²) in [7, 11) is 1.43. The van der Waals surface area contributed by atoms with Crippen LogP contribution in [0.15, 0.2) is 40.2 Å². The second-order valence-electron chi connectivity index (χ2n) is 6.31. The Hall–Kier alpha value is -1.74. The van der Waals surface area contributed by atoms with Crippen LogP contribution >= 0.6 is 23.2 Å². The van der Waals surface area contributed by atoms with Gasteiger partial charge in [0.15, 0.2) is 5.96 Å². The number of aromatic nitrogens is 1. The molecule has 0 radical (unpaired) electrons. The molecule has 2 N–H and O–H groups in total. The molecule has 0 aliphatic rings. The Bertz CT molecular complexity index is 938. The minimum atomic E-state index is -3.43. The summed E-state index contributed by atoms with van der Waals surface area (Å²) >= 11 is 12.1. The van der Waals surface area contributed by atoms with E-state index in [1.807, 2.05) is 24.6 Å². The number of hydrogen-bond donors (Lipinski definition) is 2. The van der Waals surface area contributed by atoms with Crippen LogP contribution in [0, 0.1) is 0 Å². The minimum Gasteiger partial charge on any atom is -0.357 e. The molecule has 28 heavy (non-hydrogen) atoms. The Morgan fingerprint density at radius 1 is 1.18 bits per heavy atom. The summed E-state index contributed by atoms with van der Waals surface area (Å²) in [4.78, 5) is 4.80. The molecule has 0 saturated carbocycles. The van der Waals surface area contributed by atoms with Crippen molar-refractivity contribution in [2.24, 2.45) is 12.0 Å². The third kappa shape index (κ3) is 5.41. The smallest absolute Gasteiger partial charge is 0.242 e. The summed E-state index contributed by atoms with van der Waals surface area (Å²) in [5.41, 5.74) is 1.83. The van der Waals surface area contributed by atoms with Crippen molar-refractivity contribution in [1.29, 1.82) is 0 Å². The van der Waals surface area contributed by atoms with E-state index in [9.17, 15) is 8.42 Å². The van der Waals surface area contributed by atoms with Crippen molar-refractivity contribution < 1.29 is 8.42 Å². The van der Waals surface area contributed by atoms with Gasteiger partial charge >= 0.3 is 0 Å². The van der Waals surface area contributed by atoms with Crippen molar-refractivity contribution in [2.75, 3.05) is 20.6 Å². The van der Waals surface area contributed by atoms with E-state index in [0.717, 1.165) is 11.3 Å². The maximum absolute atomic E-state index is 12.1. The second-order valence-corrected chi connectivity index (χ2v) is 9.23. The Balaban J connectivity index is 2.06. The lowest BCUT2D eigenvalue weighted by atomic mass is 10.2. The third-order valence-electron chi connectivity index (χ3n) is 4.12. The first-order chi connectivity index (χ1) is 13.2. The van der Waals surface area contributed by atoms with Gasteiger partial charge < -0.3 is 15.2 Å². The van der Waals surface area contributed by atoms with Crippen LogP contribution in [0.25, 0.3) is 0 Å². The lowest BCUT2D eigenvalue weighted by molar-refractivity contribution is 0.520. The van der Waals surface area contributed by atoms with Gasteiger partial charge in [-0.15, -0.1) is 0 Å². The lowest BCUT2D eigenvalue weighted by Crippen LogP contribution is -2.37. The molecule has 154 valence electrons. The largest absolute Gasteiger partial charge is 0.357 e. The van der Waals surface area contributed by atoms with Gasteiger partial charge in [0.1, 0.15) is 5.15 Å². The van der Waals surface area contributed by atoms with Crippen LogP contribution in [-0.2, 0) is 30.2 Å². The van der Waals surface area contributed by atoms with Crippen molar-refractivity contribution in [1.82, 2.24) is 19.5 Å². The zero-order chi connectivity index (χ0) is 20.9. The number of halogens is 2. The molecule has 0 aliphatic carbocycles. The average molecular weight is 446 g/mol. The molecule has 2 rings (SSSR count). The number of benzene rings is 1. The van der Waals surface area contributed by atoms with Crippen molar-refractivity contribution in [3.8, 4) is 0 Å². The Morgan fingerprint density at radius 2 is 1.82 bits per heavy atom. The van der Waals surface area contributed by atoms with Crippen LogP contribution in [0.2, 0.25) is 10.2 Å². The van der Waals surface area contributed by atoms with E-state index in [1.165, 1.54) is 18.4 Å². The number of guanidine groups is 1. The highest BCUT2D eigenvalue weighted by Crippen LogP contribution is 2.24. The average Bonchev–Trinajstić information content (AvgIpc) is 2.91. The zero-order valence-corrected chi connectivity index (χ0v) is 18.7. The molecule has 10 heteroatoms. The summed E-state index contributed by atoms with van der Waals surface area (Å²) < 4.78 is 27.3. The summed E-state index contributed by atoms with van der Waals surface area (Å²) in [6.45, 7) is 3.61. The van der Waals surface area contributed by atoms with Gasteiger partial charge in [-0.25, -0.2) is 17.7 Å². The Morgan fingerprint density at radius 3 is 2.32 bits per heavy atom. The lowest BCUT2D eigenvalue weighted by Gasteiger charge is -2.13. The number of nitrogens with one attached hydrogen (secondary N) is 2. The van der Waals surface area contributed by atoms with Crippen LogP contribution in [0.4, 0.5) is 0 Å². The first-order valence-electron chi connectivity index (χ1n) is 8.70. The Kier molecular flexibility index (Phi) is 7.77. The van der Waals surface area contributed by atoms with Crippen LogP contribution in [-0.4, -0.2) is 43.9 Å². The molecule has 1 aromatic heterocycles. The molecule has 0 amide bonds.